The molecule has 0 heterocycles. The third-order valence-electron chi connectivity index (χ3n) is 3.50. The SMILES string of the molecule is Cc1ccccc1CC(CBr)Cc1cc(Cl)ccc1F. The van der Waals surface area contributed by atoms with Crippen LogP contribution in [0.3, 0.4) is 0 Å². The van der Waals surface area contributed by atoms with Gasteiger partial charge >= 0.3 is 0 Å². The molecule has 20 heavy (non-hydrogen) atoms. The maximum atomic E-state index is 13.8. The molecule has 1 atom stereocenters. The lowest BCUT2D eigenvalue weighted by Gasteiger charge is -2.16. The van der Waals surface area contributed by atoms with E-state index in [1.54, 1.807) is 12.1 Å². The van der Waals surface area contributed by atoms with Crippen molar-refractivity contribution in [2.24, 2.45) is 5.92 Å². The van der Waals surface area contributed by atoms with Crippen molar-refractivity contribution in [3.8, 4) is 0 Å². The first kappa shape index (κ1) is 15.5. The summed E-state index contributed by atoms with van der Waals surface area (Å²) in [6.45, 7) is 2.11. The highest BCUT2D eigenvalue weighted by Crippen LogP contribution is 2.22. The monoisotopic (exact) mass is 354 g/mol. The van der Waals surface area contributed by atoms with E-state index in [4.69, 9.17) is 11.6 Å². The van der Waals surface area contributed by atoms with Crippen molar-refractivity contribution >= 4 is 27.5 Å². The van der Waals surface area contributed by atoms with E-state index in [-0.39, 0.29) is 5.82 Å². The second-order valence-corrected chi connectivity index (χ2v) is 6.17. The summed E-state index contributed by atoms with van der Waals surface area (Å²) in [5.74, 6) is 0.175. The van der Waals surface area contributed by atoms with Gasteiger partial charge in [0.05, 0.1) is 0 Å². The largest absolute Gasteiger partial charge is 0.207 e. The van der Waals surface area contributed by atoms with Crippen LogP contribution in [0.2, 0.25) is 5.02 Å². The van der Waals surface area contributed by atoms with Gasteiger partial charge in [-0.3, -0.25) is 0 Å². The molecule has 0 bridgehead atoms. The van der Waals surface area contributed by atoms with Gasteiger partial charge in [0.25, 0.3) is 0 Å². The number of halogens is 3. The van der Waals surface area contributed by atoms with Crippen molar-refractivity contribution in [1.29, 1.82) is 0 Å². The van der Waals surface area contributed by atoms with Gasteiger partial charge in [0.1, 0.15) is 5.82 Å². The van der Waals surface area contributed by atoms with Crippen molar-refractivity contribution in [2.45, 2.75) is 19.8 Å². The summed E-state index contributed by atoms with van der Waals surface area (Å²) in [6, 6.07) is 13.1. The van der Waals surface area contributed by atoms with E-state index < -0.39 is 0 Å². The van der Waals surface area contributed by atoms with E-state index in [2.05, 4.69) is 35.0 Å². The molecule has 0 aliphatic heterocycles. The van der Waals surface area contributed by atoms with E-state index >= 15 is 0 Å². The number of aryl methyl sites for hydroxylation is 1. The zero-order valence-corrected chi connectivity index (χ0v) is 13.7. The predicted octanol–water partition coefficient (Wildman–Crippen LogP) is 5.58. The third kappa shape index (κ3) is 4.07. The molecule has 0 aromatic heterocycles. The Bertz CT molecular complexity index is 583. The van der Waals surface area contributed by atoms with Gasteiger partial charge in [-0.15, -0.1) is 0 Å². The van der Waals surface area contributed by atoms with Gasteiger partial charge in [-0.1, -0.05) is 51.8 Å². The molecular formula is C17H17BrClF. The molecule has 0 aliphatic rings. The Morgan fingerprint density at radius 3 is 2.50 bits per heavy atom. The van der Waals surface area contributed by atoms with Crippen LogP contribution in [-0.2, 0) is 12.8 Å². The van der Waals surface area contributed by atoms with Crippen LogP contribution in [0.25, 0.3) is 0 Å². The Balaban J connectivity index is 2.13. The first-order chi connectivity index (χ1) is 9.60. The first-order valence-electron chi connectivity index (χ1n) is 6.64. The molecule has 0 saturated carbocycles. The molecule has 0 saturated heterocycles. The zero-order chi connectivity index (χ0) is 14.5. The average Bonchev–Trinajstić information content (AvgIpc) is 2.44. The molecule has 0 radical (unpaired) electrons. The summed E-state index contributed by atoms with van der Waals surface area (Å²) in [5.41, 5.74) is 3.29. The van der Waals surface area contributed by atoms with Crippen LogP contribution in [0.15, 0.2) is 42.5 Å². The Labute approximate surface area is 133 Å². The Kier molecular flexibility index (Phi) is 5.62. The molecule has 0 fully saturated rings. The molecule has 2 aromatic carbocycles. The smallest absolute Gasteiger partial charge is 0.126 e. The number of hydrogen-bond acceptors (Lipinski definition) is 0. The highest BCUT2D eigenvalue weighted by molar-refractivity contribution is 9.09. The fourth-order valence-corrected chi connectivity index (χ4v) is 2.99. The molecule has 0 aliphatic carbocycles. The summed E-state index contributed by atoms with van der Waals surface area (Å²) in [6.07, 6.45) is 1.62. The van der Waals surface area contributed by atoms with Crippen LogP contribution in [0.5, 0.6) is 0 Å². The van der Waals surface area contributed by atoms with Gasteiger partial charge < -0.3 is 0 Å². The minimum absolute atomic E-state index is 0.176. The molecule has 106 valence electrons. The lowest BCUT2D eigenvalue weighted by Crippen LogP contribution is -2.11. The standard InChI is InChI=1S/C17H17BrClF/c1-12-4-2-3-5-14(12)8-13(11-18)9-15-10-16(19)6-7-17(15)20/h2-7,10,13H,8-9,11H2,1H3. The van der Waals surface area contributed by atoms with Crippen LogP contribution in [0, 0.1) is 18.7 Å². The predicted molar refractivity (Wildman–Crippen MR) is 87.3 cm³/mol. The lowest BCUT2D eigenvalue weighted by atomic mass is 9.92. The number of alkyl halides is 1. The van der Waals surface area contributed by atoms with Crippen LogP contribution in [0.1, 0.15) is 16.7 Å². The Morgan fingerprint density at radius 1 is 1.10 bits per heavy atom. The van der Waals surface area contributed by atoms with Crippen LogP contribution >= 0.6 is 27.5 Å². The average molecular weight is 356 g/mol. The first-order valence-corrected chi connectivity index (χ1v) is 8.14. The van der Waals surface area contributed by atoms with Gasteiger partial charge in [0, 0.05) is 10.4 Å². The fourth-order valence-electron chi connectivity index (χ4n) is 2.34. The van der Waals surface area contributed by atoms with Crippen LogP contribution in [-0.4, -0.2) is 5.33 Å². The van der Waals surface area contributed by atoms with Crippen molar-refractivity contribution in [3.05, 3.63) is 70.0 Å². The van der Waals surface area contributed by atoms with E-state index in [1.165, 1.54) is 17.2 Å². The summed E-state index contributed by atoms with van der Waals surface area (Å²) in [7, 11) is 0. The van der Waals surface area contributed by atoms with Crippen molar-refractivity contribution in [2.75, 3.05) is 5.33 Å². The van der Waals surface area contributed by atoms with E-state index in [0.717, 1.165) is 11.8 Å². The van der Waals surface area contributed by atoms with Crippen LogP contribution < -0.4 is 0 Å². The summed E-state index contributed by atoms with van der Waals surface area (Å²) >= 11 is 9.49. The molecule has 0 amide bonds. The molecular weight excluding hydrogens is 339 g/mol. The van der Waals surface area contributed by atoms with Crippen molar-refractivity contribution in [1.82, 2.24) is 0 Å². The second kappa shape index (κ2) is 7.24. The molecule has 2 rings (SSSR count). The van der Waals surface area contributed by atoms with Gasteiger partial charge in [0.2, 0.25) is 0 Å². The van der Waals surface area contributed by atoms with Gasteiger partial charge in [-0.05, 0) is 60.6 Å². The van der Waals surface area contributed by atoms with Crippen molar-refractivity contribution in [3.63, 3.8) is 0 Å². The van der Waals surface area contributed by atoms with Gasteiger partial charge in [-0.2, -0.15) is 0 Å². The van der Waals surface area contributed by atoms with E-state index in [1.807, 2.05) is 12.1 Å². The lowest BCUT2D eigenvalue weighted by molar-refractivity contribution is 0.549. The summed E-state index contributed by atoms with van der Waals surface area (Å²) < 4.78 is 13.8. The third-order valence-corrected chi connectivity index (χ3v) is 4.66. The second-order valence-electron chi connectivity index (χ2n) is 5.09. The Morgan fingerprint density at radius 2 is 1.80 bits per heavy atom. The summed E-state index contributed by atoms with van der Waals surface area (Å²) in [5, 5.41) is 1.43. The van der Waals surface area contributed by atoms with Gasteiger partial charge in [-0.25, -0.2) is 4.39 Å². The molecule has 1 unspecified atom stereocenters. The minimum atomic E-state index is -0.176. The maximum absolute atomic E-state index is 13.8. The molecule has 0 nitrogen and oxygen atoms in total. The van der Waals surface area contributed by atoms with E-state index in [0.29, 0.717) is 22.9 Å². The summed E-state index contributed by atoms with van der Waals surface area (Å²) in [4.78, 5) is 0. The fraction of sp³-hybridized carbons (Fsp3) is 0.294. The van der Waals surface area contributed by atoms with Crippen LogP contribution in [0.4, 0.5) is 4.39 Å². The highest BCUT2D eigenvalue weighted by atomic mass is 79.9. The zero-order valence-electron chi connectivity index (χ0n) is 11.4. The molecule has 3 heteroatoms. The maximum Gasteiger partial charge on any atom is 0.126 e. The topological polar surface area (TPSA) is 0 Å². The van der Waals surface area contributed by atoms with Gasteiger partial charge in [0.15, 0.2) is 0 Å². The number of benzene rings is 2. The number of hydrogen-bond donors (Lipinski definition) is 0. The van der Waals surface area contributed by atoms with E-state index in [9.17, 15) is 4.39 Å². The Hall–Kier alpha value is -0.860. The normalized spacial score (nSPS) is 12.4. The van der Waals surface area contributed by atoms with Crippen molar-refractivity contribution < 1.29 is 4.39 Å². The molecule has 2 aromatic rings. The molecule has 0 spiro atoms. The quantitative estimate of drug-likeness (QED) is 0.614. The highest BCUT2D eigenvalue weighted by Gasteiger charge is 2.13. The minimum Gasteiger partial charge on any atom is -0.207 e. The number of rotatable bonds is 5. The molecule has 0 N–H and O–H groups in total.